The Balaban J connectivity index is 1.87. The van der Waals surface area contributed by atoms with Gasteiger partial charge in [-0.2, -0.15) is 0 Å². The number of nitrogens with one attached hydrogen (secondary N) is 1. The molecule has 0 aromatic heterocycles. The Morgan fingerprint density at radius 1 is 1.13 bits per heavy atom. The van der Waals surface area contributed by atoms with E-state index < -0.39 is 5.91 Å². The lowest BCUT2D eigenvalue weighted by Crippen LogP contribution is -2.25. The van der Waals surface area contributed by atoms with E-state index in [4.69, 9.17) is 10.5 Å². The number of carbonyl (C=O) groups is 2. The normalized spacial score (nSPS) is 10.1. The number of halogens is 1. The highest BCUT2D eigenvalue weighted by atomic mass is 19.1. The third-order valence-corrected chi connectivity index (χ3v) is 3.07. The second-order valence-corrected chi connectivity index (χ2v) is 4.92. The van der Waals surface area contributed by atoms with Gasteiger partial charge in [-0.1, -0.05) is 18.2 Å². The van der Waals surface area contributed by atoms with Crippen molar-refractivity contribution >= 4 is 11.8 Å². The van der Waals surface area contributed by atoms with Gasteiger partial charge in [0.05, 0.1) is 0 Å². The third-order valence-electron chi connectivity index (χ3n) is 3.07. The van der Waals surface area contributed by atoms with E-state index in [1.165, 1.54) is 18.2 Å². The highest BCUT2D eigenvalue weighted by Gasteiger charge is 2.07. The molecule has 3 N–H and O–H groups in total. The number of hydrogen-bond acceptors (Lipinski definition) is 3. The molecule has 5 nitrogen and oxygen atoms in total. The summed E-state index contributed by atoms with van der Waals surface area (Å²) in [7, 11) is 0. The summed E-state index contributed by atoms with van der Waals surface area (Å²) in [4.78, 5) is 22.7. The summed E-state index contributed by atoms with van der Waals surface area (Å²) in [6, 6.07) is 12.7. The van der Waals surface area contributed by atoms with Crippen LogP contribution in [-0.2, 0) is 11.2 Å². The zero-order chi connectivity index (χ0) is 16.7. The number of primary amides is 1. The Morgan fingerprint density at radius 2 is 1.91 bits per heavy atom. The first-order valence-electron chi connectivity index (χ1n) is 7.08. The van der Waals surface area contributed by atoms with Gasteiger partial charge in [0, 0.05) is 12.1 Å². The molecule has 23 heavy (non-hydrogen) atoms. The van der Waals surface area contributed by atoms with Crippen molar-refractivity contribution in [2.24, 2.45) is 5.73 Å². The van der Waals surface area contributed by atoms with E-state index in [1.54, 1.807) is 30.3 Å². The molecule has 2 aromatic carbocycles. The molecular weight excluding hydrogens is 299 g/mol. The molecule has 0 atom stereocenters. The van der Waals surface area contributed by atoms with Crippen molar-refractivity contribution in [2.45, 2.75) is 6.42 Å². The third kappa shape index (κ3) is 5.43. The van der Waals surface area contributed by atoms with Crippen LogP contribution in [0.2, 0.25) is 0 Å². The second kappa shape index (κ2) is 7.93. The molecule has 6 heteroatoms. The SMILES string of the molecule is NC(=O)COc1cccc(C(=O)NCCc2cccc(F)c2)c1. The van der Waals surface area contributed by atoms with E-state index in [0.717, 1.165) is 5.56 Å². The minimum atomic E-state index is -0.588. The highest BCUT2D eigenvalue weighted by Crippen LogP contribution is 2.13. The lowest BCUT2D eigenvalue weighted by molar-refractivity contribution is -0.119. The predicted molar refractivity (Wildman–Crippen MR) is 83.6 cm³/mol. The van der Waals surface area contributed by atoms with Gasteiger partial charge in [-0.3, -0.25) is 9.59 Å². The number of carbonyl (C=O) groups excluding carboxylic acids is 2. The molecule has 0 unspecified atom stereocenters. The zero-order valence-electron chi connectivity index (χ0n) is 12.4. The minimum Gasteiger partial charge on any atom is -0.484 e. The van der Waals surface area contributed by atoms with Gasteiger partial charge in [0.25, 0.3) is 11.8 Å². The molecule has 0 bridgehead atoms. The predicted octanol–water partition coefficient (Wildman–Crippen LogP) is 1.66. The molecule has 0 aliphatic heterocycles. The number of rotatable bonds is 7. The lowest BCUT2D eigenvalue weighted by Gasteiger charge is -2.08. The van der Waals surface area contributed by atoms with Crippen LogP contribution in [0.15, 0.2) is 48.5 Å². The van der Waals surface area contributed by atoms with E-state index in [-0.39, 0.29) is 18.3 Å². The standard InChI is InChI=1S/C17H17FN2O3/c18-14-5-1-3-12(9-14)7-8-20-17(22)13-4-2-6-15(10-13)23-11-16(19)21/h1-6,9-10H,7-8,11H2,(H2,19,21)(H,20,22). The molecular formula is C17H17FN2O3. The van der Waals surface area contributed by atoms with Crippen molar-refractivity contribution < 1.29 is 18.7 Å². The molecule has 0 aliphatic rings. The number of amides is 2. The maximum atomic E-state index is 13.1. The van der Waals surface area contributed by atoms with Gasteiger partial charge in [-0.25, -0.2) is 4.39 Å². The fourth-order valence-corrected chi connectivity index (χ4v) is 2.00. The van der Waals surface area contributed by atoms with Gasteiger partial charge in [0.2, 0.25) is 0 Å². The molecule has 0 saturated carbocycles. The van der Waals surface area contributed by atoms with Crippen LogP contribution in [0, 0.1) is 5.82 Å². The Bertz CT molecular complexity index is 704. The van der Waals surface area contributed by atoms with Crippen LogP contribution >= 0.6 is 0 Å². The van der Waals surface area contributed by atoms with Crippen molar-refractivity contribution in [3.05, 3.63) is 65.5 Å². The van der Waals surface area contributed by atoms with Crippen molar-refractivity contribution in [1.82, 2.24) is 5.32 Å². The fourth-order valence-electron chi connectivity index (χ4n) is 2.00. The summed E-state index contributed by atoms with van der Waals surface area (Å²) in [6.45, 7) is 0.138. The summed E-state index contributed by atoms with van der Waals surface area (Å²) in [5.41, 5.74) is 6.22. The van der Waals surface area contributed by atoms with Gasteiger partial charge in [0.15, 0.2) is 6.61 Å². The van der Waals surface area contributed by atoms with Crippen LogP contribution in [-0.4, -0.2) is 25.0 Å². The van der Waals surface area contributed by atoms with Crippen molar-refractivity contribution in [1.29, 1.82) is 0 Å². The molecule has 0 saturated heterocycles. The van der Waals surface area contributed by atoms with E-state index in [0.29, 0.717) is 24.3 Å². The molecule has 0 heterocycles. The number of benzene rings is 2. The number of nitrogens with two attached hydrogens (primary N) is 1. The van der Waals surface area contributed by atoms with E-state index in [1.807, 2.05) is 0 Å². The minimum absolute atomic E-state index is 0.245. The first-order valence-corrected chi connectivity index (χ1v) is 7.08. The molecule has 0 spiro atoms. The van der Waals surface area contributed by atoms with Crippen molar-refractivity contribution in [3.63, 3.8) is 0 Å². The second-order valence-electron chi connectivity index (χ2n) is 4.92. The molecule has 2 amide bonds. The molecule has 2 aromatic rings. The summed E-state index contributed by atoms with van der Waals surface area (Å²) in [6.07, 6.45) is 0.529. The van der Waals surface area contributed by atoms with Gasteiger partial charge < -0.3 is 15.8 Å². The van der Waals surface area contributed by atoms with E-state index in [2.05, 4.69) is 5.32 Å². The molecule has 0 fully saturated rings. The first kappa shape index (κ1) is 16.5. The molecule has 2 rings (SSSR count). The van der Waals surface area contributed by atoms with Crippen LogP contribution < -0.4 is 15.8 Å². The topological polar surface area (TPSA) is 81.4 Å². The molecule has 120 valence electrons. The van der Waals surface area contributed by atoms with Crippen LogP contribution in [0.3, 0.4) is 0 Å². The number of hydrogen-bond donors (Lipinski definition) is 2. The quantitative estimate of drug-likeness (QED) is 0.815. The zero-order valence-corrected chi connectivity index (χ0v) is 12.4. The lowest BCUT2D eigenvalue weighted by atomic mass is 10.1. The Hall–Kier alpha value is -2.89. The average molecular weight is 316 g/mol. The Morgan fingerprint density at radius 3 is 2.65 bits per heavy atom. The Kier molecular flexibility index (Phi) is 5.68. The van der Waals surface area contributed by atoms with E-state index >= 15 is 0 Å². The van der Waals surface area contributed by atoms with Crippen LogP contribution in [0.1, 0.15) is 15.9 Å². The van der Waals surface area contributed by atoms with Crippen molar-refractivity contribution in [2.75, 3.05) is 13.2 Å². The highest BCUT2D eigenvalue weighted by molar-refractivity contribution is 5.94. The van der Waals surface area contributed by atoms with Gasteiger partial charge >= 0.3 is 0 Å². The van der Waals surface area contributed by atoms with Gasteiger partial charge in [-0.15, -0.1) is 0 Å². The molecule has 0 radical (unpaired) electrons. The number of ether oxygens (including phenoxy) is 1. The van der Waals surface area contributed by atoms with Crippen LogP contribution in [0.4, 0.5) is 4.39 Å². The van der Waals surface area contributed by atoms with Crippen LogP contribution in [0.25, 0.3) is 0 Å². The van der Waals surface area contributed by atoms with Crippen molar-refractivity contribution in [3.8, 4) is 5.75 Å². The largest absolute Gasteiger partial charge is 0.484 e. The monoisotopic (exact) mass is 316 g/mol. The summed E-state index contributed by atoms with van der Waals surface area (Å²) in [5.74, 6) is -0.768. The molecule has 0 aliphatic carbocycles. The summed E-state index contributed by atoms with van der Waals surface area (Å²) in [5, 5.41) is 2.75. The Labute approximate surface area is 133 Å². The smallest absolute Gasteiger partial charge is 0.255 e. The van der Waals surface area contributed by atoms with E-state index in [9.17, 15) is 14.0 Å². The summed E-state index contributed by atoms with van der Waals surface area (Å²) < 4.78 is 18.2. The average Bonchev–Trinajstić information content (AvgIpc) is 2.53. The van der Waals surface area contributed by atoms with Gasteiger partial charge in [0.1, 0.15) is 11.6 Å². The van der Waals surface area contributed by atoms with Gasteiger partial charge in [-0.05, 0) is 42.3 Å². The fraction of sp³-hybridized carbons (Fsp3) is 0.176. The first-order chi connectivity index (χ1) is 11.0. The maximum Gasteiger partial charge on any atom is 0.255 e. The summed E-state index contributed by atoms with van der Waals surface area (Å²) >= 11 is 0. The maximum absolute atomic E-state index is 13.1. The van der Waals surface area contributed by atoms with Crippen LogP contribution in [0.5, 0.6) is 5.75 Å².